The fourth-order valence-corrected chi connectivity index (χ4v) is 7.76. The van der Waals surface area contributed by atoms with Crippen molar-refractivity contribution in [1.29, 1.82) is 0 Å². The SMILES string of the molecule is COC[C@]1(OC)CCC2C3CCC4=CC(=O)CCC4=C3[C@@H](c3ccc(C(=O)O)cc3)C[C@@]21C. The minimum absolute atomic E-state index is 0.0473. The molecule has 176 valence electrons. The number of rotatable bonds is 5. The summed E-state index contributed by atoms with van der Waals surface area (Å²) in [6.07, 6.45) is 8.40. The third-order valence-electron chi connectivity index (χ3n) is 9.35. The first-order chi connectivity index (χ1) is 15.8. The lowest BCUT2D eigenvalue weighted by Crippen LogP contribution is -2.54. The Hall–Kier alpha value is -2.24. The Morgan fingerprint density at radius 1 is 1.12 bits per heavy atom. The number of aromatic carboxylic acids is 1. The molecule has 4 aliphatic rings. The van der Waals surface area contributed by atoms with Crippen LogP contribution in [0.3, 0.4) is 0 Å². The molecule has 5 rings (SSSR count). The zero-order valence-corrected chi connectivity index (χ0v) is 19.9. The second kappa shape index (κ2) is 8.21. The molecule has 0 bridgehead atoms. The van der Waals surface area contributed by atoms with Crippen molar-refractivity contribution >= 4 is 11.8 Å². The molecular formula is C28H34O5. The summed E-state index contributed by atoms with van der Waals surface area (Å²) in [5, 5.41) is 9.40. The number of hydrogen-bond acceptors (Lipinski definition) is 4. The van der Waals surface area contributed by atoms with E-state index in [4.69, 9.17) is 9.47 Å². The van der Waals surface area contributed by atoms with Gasteiger partial charge in [0, 0.05) is 32.0 Å². The molecule has 1 N–H and O–H groups in total. The Kier molecular flexibility index (Phi) is 5.61. The maximum absolute atomic E-state index is 12.2. The van der Waals surface area contributed by atoms with Crippen LogP contribution in [0.4, 0.5) is 0 Å². The zero-order chi connectivity index (χ0) is 23.4. The molecule has 0 heterocycles. The van der Waals surface area contributed by atoms with E-state index in [0.29, 0.717) is 30.4 Å². The average Bonchev–Trinajstić information content (AvgIpc) is 3.10. The summed E-state index contributed by atoms with van der Waals surface area (Å²) in [5.41, 5.74) is 5.26. The largest absolute Gasteiger partial charge is 0.478 e. The number of ether oxygens (including phenoxy) is 2. The van der Waals surface area contributed by atoms with E-state index in [-0.39, 0.29) is 22.7 Å². The van der Waals surface area contributed by atoms with Crippen molar-refractivity contribution in [3.63, 3.8) is 0 Å². The Morgan fingerprint density at radius 3 is 2.55 bits per heavy atom. The van der Waals surface area contributed by atoms with Gasteiger partial charge < -0.3 is 14.6 Å². The Bertz CT molecular complexity index is 1030. The van der Waals surface area contributed by atoms with Crippen molar-refractivity contribution < 1.29 is 24.2 Å². The first kappa shape index (κ1) is 22.5. The summed E-state index contributed by atoms with van der Waals surface area (Å²) in [5.74, 6) is 0.511. The van der Waals surface area contributed by atoms with Crippen LogP contribution >= 0.6 is 0 Å². The monoisotopic (exact) mass is 450 g/mol. The predicted molar refractivity (Wildman–Crippen MR) is 125 cm³/mol. The van der Waals surface area contributed by atoms with E-state index < -0.39 is 5.97 Å². The van der Waals surface area contributed by atoms with Gasteiger partial charge in [-0.05, 0) is 85.3 Å². The van der Waals surface area contributed by atoms with E-state index in [1.54, 1.807) is 19.2 Å². The molecule has 5 heteroatoms. The van der Waals surface area contributed by atoms with Crippen molar-refractivity contribution in [2.75, 3.05) is 20.8 Å². The molecule has 1 aromatic carbocycles. The van der Waals surface area contributed by atoms with Gasteiger partial charge in [-0.1, -0.05) is 24.6 Å². The fourth-order valence-electron chi connectivity index (χ4n) is 7.76. The van der Waals surface area contributed by atoms with Crippen LogP contribution in [0.2, 0.25) is 0 Å². The van der Waals surface area contributed by atoms with Gasteiger partial charge in [0.1, 0.15) is 0 Å². The molecule has 2 fully saturated rings. The van der Waals surface area contributed by atoms with E-state index in [1.165, 1.54) is 22.3 Å². The van der Waals surface area contributed by atoms with Crippen LogP contribution in [0, 0.1) is 17.3 Å². The van der Waals surface area contributed by atoms with E-state index in [9.17, 15) is 14.7 Å². The number of methoxy groups -OCH3 is 2. The van der Waals surface area contributed by atoms with Crippen molar-refractivity contribution in [3.8, 4) is 0 Å². The number of benzene rings is 1. The van der Waals surface area contributed by atoms with Crippen LogP contribution in [0.5, 0.6) is 0 Å². The van der Waals surface area contributed by atoms with Crippen molar-refractivity contribution in [2.24, 2.45) is 17.3 Å². The number of carbonyl (C=O) groups excluding carboxylic acids is 1. The molecular weight excluding hydrogens is 416 g/mol. The van der Waals surface area contributed by atoms with Crippen LogP contribution < -0.4 is 0 Å². The van der Waals surface area contributed by atoms with Crippen LogP contribution in [-0.4, -0.2) is 43.3 Å². The van der Waals surface area contributed by atoms with Crippen LogP contribution in [0.1, 0.15) is 73.7 Å². The molecule has 5 nitrogen and oxygen atoms in total. The molecule has 0 radical (unpaired) electrons. The number of carboxylic acids is 1. The predicted octanol–water partition coefficient (Wildman–Crippen LogP) is 5.32. The Labute approximate surface area is 195 Å². The second-order valence-corrected chi connectivity index (χ2v) is 10.6. The third-order valence-corrected chi connectivity index (χ3v) is 9.35. The summed E-state index contributed by atoms with van der Waals surface area (Å²) in [4.78, 5) is 23.6. The van der Waals surface area contributed by atoms with Gasteiger partial charge in [-0.2, -0.15) is 0 Å². The summed E-state index contributed by atoms with van der Waals surface area (Å²) in [6, 6.07) is 7.44. The van der Waals surface area contributed by atoms with Gasteiger partial charge in [-0.3, -0.25) is 4.79 Å². The molecule has 1 aromatic rings. The maximum atomic E-state index is 12.2. The van der Waals surface area contributed by atoms with Crippen LogP contribution in [-0.2, 0) is 14.3 Å². The summed E-state index contributed by atoms with van der Waals surface area (Å²) in [7, 11) is 3.58. The fraction of sp³-hybridized carbons (Fsp3) is 0.571. The topological polar surface area (TPSA) is 72.8 Å². The van der Waals surface area contributed by atoms with Crippen molar-refractivity contribution in [2.45, 2.75) is 63.4 Å². The molecule has 0 aliphatic heterocycles. The lowest BCUT2D eigenvalue weighted by atomic mass is 9.51. The van der Waals surface area contributed by atoms with Gasteiger partial charge in [-0.15, -0.1) is 0 Å². The molecule has 0 aromatic heterocycles. The van der Waals surface area contributed by atoms with E-state index in [1.807, 2.05) is 25.3 Å². The lowest BCUT2D eigenvalue weighted by Gasteiger charge is -2.55. The van der Waals surface area contributed by atoms with E-state index >= 15 is 0 Å². The minimum atomic E-state index is -0.903. The molecule has 2 unspecified atom stereocenters. The first-order valence-corrected chi connectivity index (χ1v) is 12.2. The summed E-state index contributed by atoms with van der Waals surface area (Å²) < 4.78 is 12.0. The zero-order valence-electron chi connectivity index (χ0n) is 19.9. The molecule has 0 spiro atoms. The smallest absolute Gasteiger partial charge is 0.335 e. The number of ketones is 1. The molecule has 0 amide bonds. The summed E-state index contributed by atoms with van der Waals surface area (Å²) >= 11 is 0. The van der Waals surface area contributed by atoms with Crippen LogP contribution in [0.25, 0.3) is 0 Å². The van der Waals surface area contributed by atoms with Crippen LogP contribution in [0.15, 0.2) is 47.1 Å². The number of hydrogen-bond donors (Lipinski definition) is 1. The third kappa shape index (κ3) is 3.35. The maximum Gasteiger partial charge on any atom is 0.335 e. The van der Waals surface area contributed by atoms with Crippen molar-refractivity contribution in [1.82, 2.24) is 0 Å². The standard InChI is InChI=1S/C28H34O5/c1-27-15-23(17-4-6-18(7-5-17)26(30)31)25-21-11-9-20(29)14-19(21)8-10-22(25)24(27)12-13-28(27,33-3)16-32-2/h4-7,14,22-24H,8-13,15-16H2,1-3H3,(H,30,31)/t22?,23-,24?,27+,28-/m1/s1. The van der Waals surface area contributed by atoms with Crippen molar-refractivity contribution in [3.05, 3.63) is 58.2 Å². The molecule has 5 atom stereocenters. The highest BCUT2D eigenvalue weighted by atomic mass is 16.5. The quantitative estimate of drug-likeness (QED) is 0.658. The normalized spacial score (nSPS) is 35.5. The van der Waals surface area contributed by atoms with E-state index in [0.717, 1.165) is 38.5 Å². The van der Waals surface area contributed by atoms with E-state index in [2.05, 4.69) is 6.92 Å². The highest BCUT2D eigenvalue weighted by Gasteiger charge is 2.63. The molecule has 2 saturated carbocycles. The number of allylic oxidation sites excluding steroid dienone is 4. The highest BCUT2D eigenvalue weighted by molar-refractivity contribution is 5.93. The number of fused-ring (bicyclic) bond motifs is 4. The first-order valence-electron chi connectivity index (χ1n) is 12.2. The average molecular weight is 451 g/mol. The highest BCUT2D eigenvalue weighted by Crippen LogP contribution is 2.67. The second-order valence-electron chi connectivity index (χ2n) is 10.6. The van der Waals surface area contributed by atoms with Gasteiger partial charge in [0.05, 0.1) is 17.8 Å². The Balaban J connectivity index is 1.66. The number of carbonyl (C=O) groups is 2. The Morgan fingerprint density at radius 2 is 1.88 bits per heavy atom. The van der Waals surface area contributed by atoms with Gasteiger partial charge >= 0.3 is 5.97 Å². The van der Waals surface area contributed by atoms with Gasteiger partial charge in [-0.25, -0.2) is 4.79 Å². The lowest BCUT2D eigenvalue weighted by molar-refractivity contribution is -0.149. The van der Waals surface area contributed by atoms with Gasteiger partial charge in [0.25, 0.3) is 0 Å². The van der Waals surface area contributed by atoms with Gasteiger partial charge in [0.2, 0.25) is 0 Å². The van der Waals surface area contributed by atoms with Gasteiger partial charge in [0.15, 0.2) is 5.78 Å². The minimum Gasteiger partial charge on any atom is -0.478 e. The molecule has 0 saturated heterocycles. The number of carboxylic acid groups (broad SMARTS) is 1. The molecule has 33 heavy (non-hydrogen) atoms. The molecule has 4 aliphatic carbocycles. The summed E-state index contributed by atoms with van der Waals surface area (Å²) in [6.45, 7) is 2.97.